The third-order valence-corrected chi connectivity index (χ3v) is 5.28. The summed E-state index contributed by atoms with van der Waals surface area (Å²) in [5.41, 5.74) is 2.49. The lowest BCUT2D eigenvalue weighted by Crippen LogP contribution is -2.28. The highest BCUT2D eigenvalue weighted by Crippen LogP contribution is 2.49. The quantitative estimate of drug-likeness (QED) is 0.152. The lowest BCUT2D eigenvalue weighted by atomic mass is 10.1. The average Bonchev–Trinajstić information content (AvgIpc) is 2.80. The SMILES string of the molecule is C=Cc1ccc(/C(=C/C)N(C)/C=C/CC)cc1N=C(C)NC(=O)c1c(O)c(O)c(O)c(O)c1Cl. The second kappa shape index (κ2) is 11.3. The fraction of sp³-hybridized carbons (Fsp3) is 0.200. The van der Waals surface area contributed by atoms with E-state index < -0.39 is 39.5 Å². The van der Waals surface area contributed by atoms with Crippen LogP contribution in [-0.2, 0) is 0 Å². The second-order valence-electron chi connectivity index (χ2n) is 7.29. The molecule has 0 aromatic heterocycles. The average molecular weight is 486 g/mol. The number of amides is 1. The maximum Gasteiger partial charge on any atom is 0.262 e. The number of carbonyl (C=O) groups is 1. The van der Waals surface area contributed by atoms with Crippen LogP contribution < -0.4 is 5.32 Å². The van der Waals surface area contributed by atoms with Crippen LogP contribution in [0, 0.1) is 0 Å². The van der Waals surface area contributed by atoms with Gasteiger partial charge in [0.2, 0.25) is 11.5 Å². The summed E-state index contributed by atoms with van der Waals surface area (Å²) < 4.78 is 0. The Morgan fingerprint density at radius 3 is 2.41 bits per heavy atom. The zero-order valence-electron chi connectivity index (χ0n) is 19.4. The lowest BCUT2D eigenvalue weighted by Gasteiger charge is -2.19. The Hall–Kier alpha value is -3.91. The molecule has 0 spiro atoms. The molecular weight excluding hydrogens is 458 g/mol. The smallest absolute Gasteiger partial charge is 0.262 e. The van der Waals surface area contributed by atoms with E-state index in [0.29, 0.717) is 5.69 Å². The number of rotatable bonds is 7. The number of carbonyl (C=O) groups excluding carboxylic acids is 1. The molecule has 5 N–H and O–H groups in total. The number of hydrogen-bond donors (Lipinski definition) is 5. The van der Waals surface area contributed by atoms with Crippen molar-refractivity contribution in [3.05, 3.63) is 64.8 Å². The van der Waals surface area contributed by atoms with Crippen LogP contribution in [-0.4, -0.2) is 44.1 Å². The Morgan fingerprint density at radius 1 is 1.18 bits per heavy atom. The van der Waals surface area contributed by atoms with Crippen molar-refractivity contribution in [2.45, 2.75) is 27.2 Å². The van der Waals surface area contributed by atoms with Crippen LogP contribution in [0.2, 0.25) is 5.02 Å². The molecule has 0 aliphatic carbocycles. The molecule has 8 nitrogen and oxygen atoms in total. The van der Waals surface area contributed by atoms with Crippen molar-refractivity contribution in [1.82, 2.24) is 10.2 Å². The molecule has 0 atom stereocenters. The summed E-state index contributed by atoms with van der Waals surface area (Å²) in [6, 6.07) is 5.65. The Bertz CT molecular complexity index is 1170. The highest BCUT2D eigenvalue weighted by molar-refractivity contribution is 6.36. The molecule has 0 saturated heterocycles. The van der Waals surface area contributed by atoms with Crippen molar-refractivity contribution in [3.8, 4) is 23.0 Å². The van der Waals surface area contributed by atoms with Crippen LogP contribution in [0.4, 0.5) is 5.69 Å². The van der Waals surface area contributed by atoms with E-state index in [9.17, 15) is 25.2 Å². The number of aromatic hydroxyl groups is 4. The largest absolute Gasteiger partial charge is 0.504 e. The Labute approximate surface area is 203 Å². The van der Waals surface area contributed by atoms with Crippen LogP contribution in [0.5, 0.6) is 23.0 Å². The number of amidine groups is 1. The Morgan fingerprint density at radius 2 is 1.82 bits per heavy atom. The minimum absolute atomic E-state index is 0.147. The van der Waals surface area contributed by atoms with Gasteiger partial charge in [0.05, 0.1) is 5.69 Å². The fourth-order valence-corrected chi connectivity index (χ4v) is 3.47. The monoisotopic (exact) mass is 485 g/mol. The summed E-state index contributed by atoms with van der Waals surface area (Å²) in [6.45, 7) is 9.31. The number of aliphatic imine (C=N–C) groups is 1. The fourth-order valence-electron chi connectivity index (χ4n) is 3.20. The van der Waals surface area contributed by atoms with Gasteiger partial charge in [0.25, 0.3) is 5.91 Å². The first-order valence-electron chi connectivity index (χ1n) is 10.4. The number of nitrogens with zero attached hydrogens (tertiary/aromatic N) is 2. The van der Waals surface area contributed by atoms with Crippen LogP contribution in [0.3, 0.4) is 0 Å². The van der Waals surface area contributed by atoms with E-state index in [1.54, 1.807) is 6.08 Å². The molecule has 0 fully saturated rings. The van der Waals surface area contributed by atoms with Crippen molar-refractivity contribution < 1.29 is 25.2 Å². The van der Waals surface area contributed by atoms with Gasteiger partial charge in [0, 0.05) is 12.7 Å². The van der Waals surface area contributed by atoms with Crippen molar-refractivity contribution in [2.24, 2.45) is 4.99 Å². The van der Waals surface area contributed by atoms with E-state index in [1.165, 1.54) is 6.92 Å². The molecule has 0 aliphatic heterocycles. The van der Waals surface area contributed by atoms with E-state index in [-0.39, 0.29) is 5.84 Å². The van der Waals surface area contributed by atoms with Gasteiger partial charge in [0.15, 0.2) is 11.5 Å². The number of benzene rings is 2. The number of halogens is 1. The third-order valence-electron chi connectivity index (χ3n) is 4.91. The number of phenols is 4. The molecule has 2 aromatic carbocycles. The topological polar surface area (TPSA) is 126 Å². The number of allylic oxidation sites excluding steroid dienone is 2. The summed E-state index contributed by atoms with van der Waals surface area (Å²) in [5, 5.41) is 41.0. The maximum atomic E-state index is 12.7. The van der Waals surface area contributed by atoms with Crippen molar-refractivity contribution in [2.75, 3.05) is 7.05 Å². The predicted octanol–water partition coefficient (Wildman–Crippen LogP) is 5.50. The first kappa shape index (κ1) is 26.3. The van der Waals surface area contributed by atoms with Crippen molar-refractivity contribution in [3.63, 3.8) is 0 Å². The van der Waals surface area contributed by atoms with Gasteiger partial charge in [-0.15, -0.1) is 0 Å². The molecule has 0 heterocycles. The molecule has 0 saturated carbocycles. The summed E-state index contributed by atoms with van der Waals surface area (Å²) >= 11 is 5.89. The number of hydrogen-bond acceptors (Lipinski definition) is 7. The van der Waals surface area contributed by atoms with Gasteiger partial charge >= 0.3 is 0 Å². The van der Waals surface area contributed by atoms with Gasteiger partial charge in [0.1, 0.15) is 16.4 Å². The normalized spacial score (nSPS) is 12.1. The van der Waals surface area contributed by atoms with Crippen molar-refractivity contribution >= 4 is 40.8 Å². The van der Waals surface area contributed by atoms with Gasteiger partial charge in [-0.05, 0) is 43.7 Å². The van der Waals surface area contributed by atoms with Crippen molar-refractivity contribution in [1.29, 1.82) is 0 Å². The molecule has 1 amide bonds. The minimum atomic E-state index is -1.07. The van der Waals surface area contributed by atoms with Gasteiger partial charge in [-0.3, -0.25) is 4.79 Å². The molecule has 0 bridgehead atoms. The Kier molecular flexibility index (Phi) is 8.75. The summed E-state index contributed by atoms with van der Waals surface area (Å²) in [7, 11) is 1.94. The first-order valence-corrected chi connectivity index (χ1v) is 10.8. The van der Waals surface area contributed by atoms with Gasteiger partial charge in [-0.25, -0.2) is 4.99 Å². The van der Waals surface area contributed by atoms with Crippen LogP contribution in [0.25, 0.3) is 11.8 Å². The molecule has 2 aromatic rings. The number of nitrogens with one attached hydrogen (secondary N) is 1. The molecule has 0 unspecified atom stereocenters. The van der Waals surface area contributed by atoms with E-state index >= 15 is 0 Å². The van der Waals surface area contributed by atoms with Gasteiger partial charge in [-0.1, -0.05) is 55.5 Å². The highest BCUT2D eigenvalue weighted by atomic mass is 35.5. The molecule has 180 valence electrons. The van der Waals surface area contributed by atoms with Crippen LogP contribution >= 0.6 is 11.6 Å². The van der Waals surface area contributed by atoms with Crippen LogP contribution in [0.15, 0.2) is 48.1 Å². The molecular formula is C25H28ClN3O5. The van der Waals surface area contributed by atoms with E-state index in [0.717, 1.165) is 23.2 Å². The van der Waals surface area contributed by atoms with E-state index in [4.69, 9.17) is 11.6 Å². The Balaban J connectivity index is 2.44. The minimum Gasteiger partial charge on any atom is -0.504 e. The summed E-state index contributed by atoms with van der Waals surface area (Å²) in [5.74, 6) is -4.80. The summed E-state index contributed by atoms with van der Waals surface area (Å²) in [4.78, 5) is 19.1. The van der Waals surface area contributed by atoms with Crippen LogP contribution in [0.1, 0.15) is 48.7 Å². The van der Waals surface area contributed by atoms with Gasteiger partial charge < -0.3 is 30.6 Å². The predicted molar refractivity (Wildman–Crippen MR) is 136 cm³/mol. The molecule has 0 aliphatic rings. The maximum absolute atomic E-state index is 12.7. The summed E-state index contributed by atoms with van der Waals surface area (Å²) in [6.07, 6.45) is 8.52. The molecule has 0 radical (unpaired) electrons. The van der Waals surface area contributed by atoms with E-state index in [2.05, 4.69) is 23.8 Å². The standard InChI is InChI=1S/C25H28ClN3O5/c1-6-9-12-29(5)18(8-3)16-11-10-15(7-2)17(13-16)27-14(4)28-25(34)19-20(26)22(31)24(33)23(32)21(19)30/h7-13,30-33H,2,6H2,1,3-5H3,(H,27,28,34)/b12-9+,18-8-. The zero-order valence-corrected chi connectivity index (χ0v) is 20.2. The lowest BCUT2D eigenvalue weighted by molar-refractivity contribution is 0.0973. The first-order chi connectivity index (χ1) is 16.1. The third kappa shape index (κ3) is 5.52. The second-order valence-corrected chi connectivity index (χ2v) is 7.67. The van der Waals surface area contributed by atoms with Gasteiger partial charge in [-0.2, -0.15) is 0 Å². The molecule has 2 rings (SSSR count). The zero-order chi connectivity index (χ0) is 25.6. The molecule has 9 heteroatoms. The molecule has 34 heavy (non-hydrogen) atoms. The highest BCUT2D eigenvalue weighted by Gasteiger charge is 2.27. The van der Waals surface area contributed by atoms with E-state index in [1.807, 2.05) is 55.4 Å². The number of phenolic OH excluding ortho intramolecular Hbond substituents is 4.